The number of anilines is 1. The van der Waals surface area contributed by atoms with Gasteiger partial charge in [0.15, 0.2) is 0 Å². The summed E-state index contributed by atoms with van der Waals surface area (Å²) in [4.78, 5) is 6.77. The number of aromatic nitrogens is 1. The molecule has 2 aromatic carbocycles. The number of pyridine rings is 1. The number of methoxy groups -OCH3 is 1. The van der Waals surface area contributed by atoms with Gasteiger partial charge >= 0.3 is 0 Å². The second-order valence-electron chi connectivity index (χ2n) is 6.07. The summed E-state index contributed by atoms with van der Waals surface area (Å²) < 4.78 is 5.46. The number of nitrogens with zero attached hydrogens (tertiary/aromatic N) is 2. The minimum Gasteiger partial charge on any atom is -0.496 e. The topological polar surface area (TPSA) is 65.8 Å². The molecule has 1 aromatic heterocycles. The number of aliphatic hydroxyl groups is 2. The fraction of sp³-hybridized carbons (Fsp3) is 0.250. The van der Waals surface area contributed by atoms with E-state index in [1.165, 1.54) is 0 Å². The molecule has 2 N–H and O–H groups in total. The van der Waals surface area contributed by atoms with Crippen LogP contribution in [0.4, 0.5) is 5.69 Å². The smallest absolute Gasteiger partial charge is 0.134 e. The van der Waals surface area contributed by atoms with E-state index in [1.807, 2.05) is 43.3 Å². The molecule has 0 aliphatic heterocycles. The van der Waals surface area contributed by atoms with E-state index in [2.05, 4.69) is 12.1 Å². The molecule has 0 amide bonds. The van der Waals surface area contributed by atoms with Crippen molar-refractivity contribution in [2.45, 2.75) is 13.2 Å². The Morgan fingerprint density at radius 2 is 1.72 bits per heavy atom. The predicted octanol–water partition coefficient (Wildman–Crippen LogP) is 2.96. The third-order valence-corrected chi connectivity index (χ3v) is 4.35. The Balaban J connectivity index is 2.13. The van der Waals surface area contributed by atoms with Gasteiger partial charge in [0.1, 0.15) is 5.75 Å². The van der Waals surface area contributed by atoms with E-state index in [-0.39, 0.29) is 13.2 Å². The number of rotatable bonds is 5. The monoisotopic (exact) mass is 338 g/mol. The fourth-order valence-electron chi connectivity index (χ4n) is 2.98. The molecule has 1 heterocycles. The average Bonchev–Trinajstić information content (AvgIpc) is 2.65. The normalized spacial score (nSPS) is 10.9. The van der Waals surface area contributed by atoms with Crippen LogP contribution in [-0.2, 0) is 13.2 Å². The third-order valence-electron chi connectivity index (χ3n) is 4.35. The number of hydrogen-bond donors (Lipinski definition) is 2. The van der Waals surface area contributed by atoms with Crippen molar-refractivity contribution in [1.82, 2.24) is 4.98 Å². The van der Waals surface area contributed by atoms with Gasteiger partial charge in [0.2, 0.25) is 0 Å². The van der Waals surface area contributed by atoms with Crippen LogP contribution in [0.3, 0.4) is 0 Å². The lowest BCUT2D eigenvalue weighted by atomic mass is 10.0. The first-order valence-electron chi connectivity index (χ1n) is 8.08. The summed E-state index contributed by atoms with van der Waals surface area (Å²) in [6, 6.07) is 13.9. The number of fused-ring (bicyclic) bond motifs is 1. The van der Waals surface area contributed by atoms with Crippen molar-refractivity contribution < 1.29 is 14.9 Å². The van der Waals surface area contributed by atoms with Crippen LogP contribution in [0, 0.1) is 0 Å². The Bertz CT molecular complexity index is 890. The van der Waals surface area contributed by atoms with Crippen LogP contribution in [0.15, 0.2) is 42.5 Å². The molecular weight excluding hydrogens is 316 g/mol. The van der Waals surface area contributed by atoms with Gasteiger partial charge in [0.25, 0.3) is 0 Å². The maximum atomic E-state index is 9.61. The van der Waals surface area contributed by atoms with Crippen LogP contribution >= 0.6 is 0 Å². The van der Waals surface area contributed by atoms with Crippen molar-refractivity contribution in [3.05, 3.63) is 53.6 Å². The predicted molar refractivity (Wildman–Crippen MR) is 99.9 cm³/mol. The molecule has 3 rings (SSSR count). The lowest BCUT2D eigenvalue weighted by Crippen LogP contribution is -2.07. The summed E-state index contributed by atoms with van der Waals surface area (Å²) in [5, 5.41) is 20.0. The summed E-state index contributed by atoms with van der Waals surface area (Å²) in [6.45, 7) is -0.367. The first kappa shape index (κ1) is 17.2. The molecule has 5 heteroatoms. The Labute approximate surface area is 147 Å². The molecule has 0 bridgehead atoms. The highest BCUT2D eigenvalue weighted by atomic mass is 16.5. The van der Waals surface area contributed by atoms with Gasteiger partial charge in [0.05, 0.1) is 31.5 Å². The second-order valence-corrected chi connectivity index (χ2v) is 6.07. The maximum absolute atomic E-state index is 9.61. The molecule has 25 heavy (non-hydrogen) atoms. The van der Waals surface area contributed by atoms with Crippen LogP contribution in [0.1, 0.15) is 11.1 Å². The van der Waals surface area contributed by atoms with Gasteiger partial charge < -0.3 is 19.8 Å². The van der Waals surface area contributed by atoms with E-state index >= 15 is 0 Å². The molecule has 5 nitrogen and oxygen atoms in total. The van der Waals surface area contributed by atoms with Gasteiger partial charge in [-0.1, -0.05) is 12.1 Å². The lowest BCUT2D eigenvalue weighted by Gasteiger charge is -2.15. The van der Waals surface area contributed by atoms with Crippen LogP contribution in [0.2, 0.25) is 0 Å². The molecule has 0 aliphatic carbocycles. The molecule has 3 aromatic rings. The van der Waals surface area contributed by atoms with Gasteiger partial charge in [-0.25, -0.2) is 4.98 Å². The van der Waals surface area contributed by atoms with Gasteiger partial charge in [-0.15, -0.1) is 0 Å². The van der Waals surface area contributed by atoms with Gasteiger partial charge in [-0.05, 0) is 35.9 Å². The summed E-state index contributed by atoms with van der Waals surface area (Å²) in [7, 11) is 5.57. The zero-order valence-corrected chi connectivity index (χ0v) is 14.7. The first-order chi connectivity index (χ1) is 12.1. The SMILES string of the molecule is COc1c(CO)c(CO)cc2nc(-c3ccc(N(C)C)cc3)ccc12. The van der Waals surface area contributed by atoms with E-state index in [4.69, 9.17) is 9.72 Å². The molecular formula is C20H22N2O3. The van der Waals surface area contributed by atoms with Crippen molar-refractivity contribution in [2.24, 2.45) is 0 Å². The number of aliphatic hydroxyl groups excluding tert-OH is 2. The molecule has 0 saturated heterocycles. The lowest BCUT2D eigenvalue weighted by molar-refractivity contribution is 0.254. The molecule has 0 radical (unpaired) electrons. The maximum Gasteiger partial charge on any atom is 0.134 e. The van der Waals surface area contributed by atoms with Crippen LogP contribution in [0.25, 0.3) is 22.2 Å². The van der Waals surface area contributed by atoms with Gasteiger partial charge in [0, 0.05) is 36.3 Å². The highest BCUT2D eigenvalue weighted by Crippen LogP contribution is 2.34. The zero-order chi connectivity index (χ0) is 18.0. The van der Waals surface area contributed by atoms with Crippen molar-refractivity contribution in [3.8, 4) is 17.0 Å². The standard InChI is InChI=1S/C20H22N2O3/c1-22(2)15-6-4-13(5-7-15)18-9-8-16-19(21-18)10-14(11-23)17(12-24)20(16)25-3/h4-10,23-24H,11-12H2,1-3H3. The van der Waals surface area contributed by atoms with E-state index < -0.39 is 0 Å². The van der Waals surface area contributed by atoms with E-state index in [9.17, 15) is 10.2 Å². The Kier molecular flexibility index (Phi) is 4.88. The van der Waals surface area contributed by atoms with Gasteiger partial charge in [-0.2, -0.15) is 0 Å². The zero-order valence-electron chi connectivity index (χ0n) is 14.7. The summed E-state index contributed by atoms with van der Waals surface area (Å²) >= 11 is 0. The van der Waals surface area contributed by atoms with Crippen molar-refractivity contribution in [3.63, 3.8) is 0 Å². The summed E-state index contributed by atoms with van der Waals surface area (Å²) in [5.74, 6) is 0.561. The molecule has 0 fully saturated rings. The molecule has 0 aliphatic rings. The van der Waals surface area contributed by atoms with Crippen LogP contribution in [0.5, 0.6) is 5.75 Å². The number of benzene rings is 2. The average molecular weight is 338 g/mol. The quantitative estimate of drug-likeness (QED) is 0.749. The number of ether oxygens (including phenoxy) is 1. The highest BCUT2D eigenvalue weighted by Gasteiger charge is 2.14. The second kappa shape index (κ2) is 7.09. The molecule has 0 spiro atoms. The molecule has 0 atom stereocenters. The van der Waals surface area contributed by atoms with E-state index in [1.54, 1.807) is 13.2 Å². The minimum atomic E-state index is -0.192. The minimum absolute atomic E-state index is 0.175. The van der Waals surface area contributed by atoms with Crippen LogP contribution < -0.4 is 9.64 Å². The van der Waals surface area contributed by atoms with E-state index in [0.717, 1.165) is 27.8 Å². The Morgan fingerprint density at radius 3 is 2.28 bits per heavy atom. The largest absolute Gasteiger partial charge is 0.496 e. The summed E-state index contributed by atoms with van der Waals surface area (Å²) in [6.07, 6.45) is 0. The van der Waals surface area contributed by atoms with Crippen molar-refractivity contribution in [1.29, 1.82) is 0 Å². The molecule has 130 valence electrons. The number of hydrogen-bond acceptors (Lipinski definition) is 5. The third kappa shape index (κ3) is 3.16. The van der Waals surface area contributed by atoms with E-state index in [0.29, 0.717) is 16.9 Å². The summed E-state index contributed by atoms with van der Waals surface area (Å²) in [5.41, 5.74) is 4.94. The molecule has 0 saturated carbocycles. The Morgan fingerprint density at radius 1 is 1.00 bits per heavy atom. The highest BCUT2D eigenvalue weighted by molar-refractivity contribution is 5.89. The van der Waals surface area contributed by atoms with Gasteiger partial charge in [-0.3, -0.25) is 0 Å². The van der Waals surface area contributed by atoms with Crippen molar-refractivity contribution in [2.75, 3.05) is 26.1 Å². The Hall–Kier alpha value is -2.63. The van der Waals surface area contributed by atoms with Crippen molar-refractivity contribution >= 4 is 16.6 Å². The first-order valence-corrected chi connectivity index (χ1v) is 8.08. The molecule has 0 unspecified atom stereocenters. The fourth-order valence-corrected chi connectivity index (χ4v) is 2.98. The van der Waals surface area contributed by atoms with Crippen LogP contribution in [-0.4, -0.2) is 36.4 Å².